The fourth-order valence-electron chi connectivity index (χ4n) is 3.87. The molecule has 1 fully saturated rings. The highest BCUT2D eigenvalue weighted by Crippen LogP contribution is 2.24. The predicted octanol–water partition coefficient (Wildman–Crippen LogP) is 1.63. The first-order valence-electron chi connectivity index (χ1n) is 12.2. The molecule has 1 heterocycles. The Morgan fingerprint density at radius 3 is 2.00 bits per heavy atom. The SMILES string of the molecule is CC(C)(C)C[C@H](NC(=O)[C@@H](NC(=O)NC(C)(C)C)C(C)(C)C)C(=O)N[C@H](C=O)C[C@@H]1CCNC1=O. The number of rotatable bonds is 9. The molecule has 0 unspecified atom stereocenters. The Hall–Kier alpha value is -2.65. The molecule has 10 heteroatoms. The molecular formula is C25H45N5O5. The Morgan fingerprint density at radius 1 is 0.971 bits per heavy atom. The number of carbonyl (C=O) groups is 5. The van der Waals surface area contributed by atoms with E-state index in [0.717, 1.165) is 0 Å². The maximum atomic E-state index is 13.3. The number of nitrogens with one attached hydrogen (secondary N) is 5. The molecule has 5 amide bonds. The van der Waals surface area contributed by atoms with E-state index in [1.54, 1.807) is 0 Å². The van der Waals surface area contributed by atoms with Crippen LogP contribution in [0.15, 0.2) is 0 Å². The number of carbonyl (C=O) groups excluding carboxylic acids is 5. The van der Waals surface area contributed by atoms with Crippen molar-refractivity contribution in [2.45, 2.75) is 105 Å². The molecule has 1 aliphatic heterocycles. The van der Waals surface area contributed by atoms with Crippen molar-refractivity contribution < 1.29 is 24.0 Å². The molecule has 1 saturated heterocycles. The molecule has 1 aliphatic rings. The van der Waals surface area contributed by atoms with E-state index in [9.17, 15) is 24.0 Å². The summed E-state index contributed by atoms with van der Waals surface area (Å²) in [7, 11) is 0. The lowest BCUT2D eigenvalue weighted by atomic mass is 9.84. The van der Waals surface area contributed by atoms with Gasteiger partial charge in [0.15, 0.2) is 0 Å². The van der Waals surface area contributed by atoms with Crippen molar-refractivity contribution in [1.29, 1.82) is 0 Å². The molecule has 1 rings (SSSR count). The number of hydrogen-bond donors (Lipinski definition) is 5. The van der Waals surface area contributed by atoms with Gasteiger partial charge in [-0.3, -0.25) is 14.4 Å². The maximum Gasteiger partial charge on any atom is 0.315 e. The third kappa shape index (κ3) is 11.1. The minimum atomic E-state index is -0.931. The summed E-state index contributed by atoms with van der Waals surface area (Å²) in [5.74, 6) is -1.46. The van der Waals surface area contributed by atoms with Crippen LogP contribution in [0.4, 0.5) is 4.79 Å². The number of hydrogen-bond acceptors (Lipinski definition) is 5. The number of amides is 5. The van der Waals surface area contributed by atoms with E-state index in [2.05, 4.69) is 26.6 Å². The van der Waals surface area contributed by atoms with Crippen LogP contribution in [0.5, 0.6) is 0 Å². The Balaban J connectivity index is 3.02. The standard InChI is InChI=1S/C25H45N5O5/c1-23(2,3)13-17(20(33)27-16(14-31)12-15-10-11-26-19(15)32)28-21(34)18(24(4,5)6)29-22(35)30-25(7,8)9/h14-18H,10-13H2,1-9H3,(H,26,32)(H,27,33)(H,28,34)(H2,29,30,35)/t15-,16-,17-,18+/m0/s1. The van der Waals surface area contributed by atoms with Gasteiger partial charge in [-0.05, 0) is 50.9 Å². The van der Waals surface area contributed by atoms with Crippen LogP contribution in [-0.4, -0.2) is 60.2 Å². The first kappa shape index (κ1) is 30.4. The Morgan fingerprint density at radius 2 is 1.57 bits per heavy atom. The van der Waals surface area contributed by atoms with Gasteiger partial charge >= 0.3 is 6.03 Å². The van der Waals surface area contributed by atoms with Crippen LogP contribution >= 0.6 is 0 Å². The normalized spacial score (nSPS) is 19.1. The molecule has 35 heavy (non-hydrogen) atoms. The third-order valence-corrected chi connectivity index (χ3v) is 5.53. The van der Waals surface area contributed by atoms with Gasteiger partial charge in [0.1, 0.15) is 18.4 Å². The molecule has 0 aromatic heterocycles. The highest BCUT2D eigenvalue weighted by atomic mass is 16.2. The van der Waals surface area contributed by atoms with Crippen LogP contribution in [0.25, 0.3) is 0 Å². The molecule has 0 aliphatic carbocycles. The molecule has 4 atom stereocenters. The van der Waals surface area contributed by atoms with Crippen molar-refractivity contribution in [2.75, 3.05) is 6.54 Å². The van der Waals surface area contributed by atoms with Crippen LogP contribution in [0.2, 0.25) is 0 Å². The molecule has 5 N–H and O–H groups in total. The highest BCUT2D eigenvalue weighted by molar-refractivity contribution is 5.93. The predicted molar refractivity (Wildman–Crippen MR) is 134 cm³/mol. The molecule has 0 aromatic rings. The van der Waals surface area contributed by atoms with Crippen LogP contribution in [0.1, 0.15) is 81.6 Å². The average molecular weight is 496 g/mol. The monoisotopic (exact) mass is 495 g/mol. The average Bonchev–Trinajstić information content (AvgIpc) is 3.06. The summed E-state index contributed by atoms with van der Waals surface area (Å²) >= 11 is 0. The molecule has 0 spiro atoms. The number of urea groups is 1. The fraction of sp³-hybridized carbons (Fsp3) is 0.800. The molecular weight excluding hydrogens is 450 g/mol. The summed E-state index contributed by atoms with van der Waals surface area (Å²) in [5, 5.41) is 13.7. The van der Waals surface area contributed by atoms with Crippen LogP contribution in [0, 0.1) is 16.7 Å². The van der Waals surface area contributed by atoms with E-state index < -0.39 is 46.9 Å². The summed E-state index contributed by atoms with van der Waals surface area (Å²) in [6.07, 6.45) is 1.74. The first-order valence-corrected chi connectivity index (χ1v) is 12.2. The van der Waals surface area contributed by atoms with Gasteiger partial charge in [0, 0.05) is 18.0 Å². The molecule has 200 valence electrons. The van der Waals surface area contributed by atoms with Crippen LogP contribution < -0.4 is 26.6 Å². The van der Waals surface area contributed by atoms with Gasteiger partial charge in [0.2, 0.25) is 17.7 Å². The van der Waals surface area contributed by atoms with Gasteiger partial charge < -0.3 is 31.4 Å². The van der Waals surface area contributed by atoms with Gasteiger partial charge in [-0.1, -0.05) is 41.5 Å². The summed E-state index contributed by atoms with van der Waals surface area (Å²) in [6.45, 7) is 17.3. The summed E-state index contributed by atoms with van der Waals surface area (Å²) in [5.41, 5.74) is -1.44. The lowest BCUT2D eigenvalue weighted by Crippen LogP contribution is -2.61. The number of aldehydes is 1. The maximum absolute atomic E-state index is 13.3. The van der Waals surface area contributed by atoms with E-state index in [1.165, 1.54) is 0 Å². The second-order valence-corrected chi connectivity index (χ2v) is 12.7. The van der Waals surface area contributed by atoms with E-state index in [-0.39, 0.29) is 23.7 Å². The fourth-order valence-corrected chi connectivity index (χ4v) is 3.87. The summed E-state index contributed by atoms with van der Waals surface area (Å²) < 4.78 is 0. The quantitative estimate of drug-likeness (QED) is 0.309. The van der Waals surface area contributed by atoms with Crippen molar-refractivity contribution in [3.8, 4) is 0 Å². The van der Waals surface area contributed by atoms with Gasteiger partial charge in [-0.2, -0.15) is 0 Å². The zero-order valence-corrected chi connectivity index (χ0v) is 22.8. The topological polar surface area (TPSA) is 146 Å². The van der Waals surface area contributed by atoms with E-state index in [0.29, 0.717) is 25.7 Å². The molecule has 0 bridgehead atoms. The zero-order chi connectivity index (χ0) is 27.2. The largest absolute Gasteiger partial charge is 0.356 e. The second kappa shape index (κ2) is 11.9. The van der Waals surface area contributed by atoms with Gasteiger partial charge in [-0.15, -0.1) is 0 Å². The van der Waals surface area contributed by atoms with Gasteiger partial charge in [-0.25, -0.2) is 4.79 Å². The summed E-state index contributed by atoms with van der Waals surface area (Å²) in [6, 6.07) is -3.17. The molecule has 0 radical (unpaired) electrons. The molecule has 0 saturated carbocycles. The van der Waals surface area contributed by atoms with E-state index in [1.807, 2.05) is 62.3 Å². The van der Waals surface area contributed by atoms with Crippen LogP contribution in [0.3, 0.4) is 0 Å². The third-order valence-electron chi connectivity index (χ3n) is 5.53. The van der Waals surface area contributed by atoms with E-state index >= 15 is 0 Å². The molecule has 10 nitrogen and oxygen atoms in total. The minimum Gasteiger partial charge on any atom is -0.356 e. The minimum absolute atomic E-state index is 0.127. The van der Waals surface area contributed by atoms with Crippen molar-refractivity contribution in [3.05, 3.63) is 0 Å². The highest BCUT2D eigenvalue weighted by Gasteiger charge is 2.37. The summed E-state index contributed by atoms with van der Waals surface area (Å²) in [4.78, 5) is 62.5. The lowest BCUT2D eigenvalue weighted by molar-refractivity contribution is -0.133. The van der Waals surface area contributed by atoms with Gasteiger partial charge in [0.05, 0.1) is 6.04 Å². The van der Waals surface area contributed by atoms with Crippen molar-refractivity contribution >= 4 is 30.0 Å². The van der Waals surface area contributed by atoms with Crippen LogP contribution in [-0.2, 0) is 19.2 Å². The van der Waals surface area contributed by atoms with Crippen molar-refractivity contribution in [2.24, 2.45) is 16.7 Å². The zero-order valence-electron chi connectivity index (χ0n) is 22.8. The lowest BCUT2D eigenvalue weighted by Gasteiger charge is -2.34. The molecule has 0 aromatic carbocycles. The van der Waals surface area contributed by atoms with Gasteiger partial charge in [0.25, 0.3) is 0 Å². The Bertz CT molecular complexity index is 792. The van der Waals surface area contributed by atoms with Crippen molar-refractivity contribution in [1.82, 2.24) is 26.6 Å². The Labute approximate surface area is 209 Å². The Kier molecular flexibility index (Phi) is 10.3. The van der Waals surface area contributed by atoms with E-state index in [4.69, 9.17) is 0 Å². The first-order chi connectivity index (χ1) is 15.8. The van der Waals surface area contributed by atoms with Crippen molar-refractivity contribution in [3.63, 3.8) is 0 Å². The second-order valence-electron chi connectivity index (χ2n) is 12.7. The smallest absolute Gasteiger partial charge is 0.315 e.